The Morgan fingerprint density at radius 3 is 2.86 bits per heavy atom. The molecule has 8 heteroatoms. The number of hydrogen-bond acceptors (Lipinski definition) is 5. The number of anilines is 1. The maximum absolute atomic E-state index is 12.8. The molecule has 28 heavy (non-hydrogen) atoms. The first-order valence-corrected chi connectivity index (χ1v) is 10.2. The Morgan fingerprint density at radius 1 is 1.25 bits per heavy atom. The van der Waals surface area contributed by atoms with Crippen molar-refractivity contribution in [2.24, 2.45) is 7.05 Å². The van der Waals surface area contributed by atoms with E-state index in [1.54, 1.807) is 6.33 Å². The van der Waals surface area contributed by atoms with Crippen molar-refractivity contribution in [3.05, 3.63) is 35.5 Å². The van der Waals surface area contributed by atoms with Crippen LogP contribution in [0.3, 0.4) is 0 Å². The monoisotopic (exact) mass is 383 g/mol. The molecule has 1 N–H and O–H groups in total. The van der Waals surface area contributed by atoms with Gasteiger partial charge in [-0.1, -0.05) is 6.92 Å². The second-order valence-electron chi connectivity index (χ2n) is 7.70. The minimum absolute atomic E-state index is 0.0467. The van der Waals surface area contributed by atoms with Crippen LogP contribution >= 0.6 is 0 Å². The summed E-state index contributed by atoms with van der Waals surface area (Å²) in [4.78, 5) is 25.7. The average Bonchev–Trinajstić information content (AvgIpc) is 2.94. The Kier molecular flexibility index (Phi) is 5.45. The molecule has 2 aliphatic rings. The average molecular weight is 384 g/mol. The summed E-state index contributed by atoms with van der Waals surface area (Å²) in [5.74, 6) is 0.994. The molecule has 0 atom stereocenters. The highest BCUT2D eigenvalue weighted by Gasteiger charge is 2.26. The second-order valence-corrected chi connectivity index (χ2v) is 7.70. The fraction of sp³-hybridized carbons (Fsp3) is 0.600. The minimum atomic E-state index is 0.0467. The van der Waals surface area contributed by atoms with Crippen molar-refractivity contribution < 1.29 is 4.79 Å². The van der Waals surface area contributed by atoms with E-state index in [0.29, 0.717) is 6.54 Å². The van der Waals surface area contributed by atoms with Crippen molar-refractivity contribution in [3.8, 4) is 0 Å². The molecule has 0 spiro atoms. The van der Waals surface area contributed by atoms with Crippen LogP contribution in [0.15, 0.2) is 18.6 Å². The van der Waals surface area contributed by atoms with Crippen LogP contribution in [-0.4, -0.2) is 56.4 Å². The number of fused-ring (bicyclic) bond motifs is 1. The van der Waals surface area contributed by atoms with E-state index in [1.807, 2.05) is 22.8 Å². The first kappa shape index (κ1) is 18.7. The third-order valence-electron chi connectivity index (χ3n) is 5.86. The van der Waals surface area contributed by atoms with Crippen LogP contribution in [0.4, 0.5) is 10.6 Å². The minimum Gasteiger partial charge on any atom is -0.356 e. The fourth-order valence-electron chi connectivity index (χ4n) is 4.13. The number of urea groups is 1. The molecular weight excluding hydrogens is 354 g/mol. The van der Waals surface area contributed by atoms with Gasteiger partial charge >= 0.3 is 6.03 Å². The number of aryl methyl sites for hydroxylation is 2. The zero-order valence-electron chi connectivity index (χ0n) is 16.8. The van der Waals surface area contributed by atoms with E-state index in [9.17, 15) is 4.79 Å². The van der Waals surface area contributed by atoms with Gasteiger partial charge in [0.25, 0.3) is 0 Å². The summed E-state index contributed by atoms with van der Waals surface area (Å²) < 4.78 is 1.93. The Hall–Kier alpha value is -2.64. The van der Waals surface area contributed by atoms with Crippen LogP contribution in [0, 0.1) is 0 Å². The number of aromatic nitrogens is 4. The van der Waals surface area contributed by atoms with Gasteiger partial charge in [-0.25, -0.2) is 14.8 Å². The van der Waals surface area contributed by atoms with E-state index in [1.165, 1.54) is 11.3 Å². The van der Waals surface area contributed by atoms with E-state index in [-0.39, 0.29) is 12.1 Å². The summed E-state index contributed by atoms with van der Waals surface area (Å²) in [5.41, 5.74) is 3.48. The van der Waals surface area contributed by atoms with E-state index >= 15 is 0 Å². The summed E-state index contributed by atoms with van der Waals surface area (Å²) in [6, 6.07) is 2.33. The molecule has 0 unspecified atom stereocenters. The molecule has 0 saturated carbocycles. The summed E-state index contributed by atoms with van der Waals surface area (Å²) in [7, 11) is 1.98. The fourth-order valence-corrected chi connectivity index (χ4v) is 4.13. The Bertz CT molecular complexity index is 826. The maximum Gasteiger partial charge on any atom is 0.317 e. The van der Waals surface area contributed by atoms with Gasteiger partial charge < -0.3 is 15.1 Å². The summed E-state index contributed by atoms with van der Waals surface area (Å²) >= 11 is 0. The number of rotatable bonds is 3. The lowest BCUT2D eigenvalue weighted by molar-refractivity contribution is 0.189. The second kappa shape index (κ2) is 8.16. The number of hydrogen-bond donors (Lipinski definition) is 1. The first-order valence-electron chi connectivity index (χ1n) is 10.2. The molecule has 0 bridgehead atoms. The van der Waals surface area contributed by atoms with Crippen LogP contribution in [0.5, 0.6) is 0 Å². The van der Waals surface area contributed by atoms with Crippen LogP contribution < -0.4 is 10.2 Å². The Labute approximate surface area is 165 Å². The van der Waals surface area contributed by atoms with Gasteiger partial charge in [-0.05, 0) is 32.1 Å². The molecule has 2 aromatic heterocycles. The maximum atomic E-state index is 12.8. The molecule has 4 heterocycles. The smallest absolute Gasteiger partial charge is 0.317 e. The van der Waals surface area contributed by atoms with Gasteiger partial charge in [0.1, 0.15) is 12.1 Å². The molecule has 8 nitrogen and oxygen atoms in total. The zero-order chi connectivity index (χ0) is 19.5. The van der Waals surface area contributed by atoms with E-state index in [4.69, 9.17) is 0 Å². The predicted molar refractivity (Wildman–Crippen MR) is 107 cm³/mol. The molecule has 2 amide bonds. The number of amides is 2. The van der Waals surface area contributed by atoms with E-state index in [0.717, 1.165) is 63.3 Å². The lowest BCUT2D eigenvalue weighted by Gasteiger charge is -2.34. The van der Waals surface area contributed by atoms with Crippen molar-refractivity contribution in [1.29, 1.82) is 0 Å². The first-order chi connectivity index (χ1) is 13.6. The normalized spacial score (nSPS) is 17.9. The zero-order valence-corrected chi connectivity index (χ0v) is 16.8. The molecule has 1 fully saturated rings. The molecule has 0 aliphatic carbocycles. The third kappa shape index (κ3) is 3.95. The van der Waals surface area contributed by atoms with Gasteiger partial charge in [0.05, 0.1) is 12.7 Å². The molecule has 150 valence electrons. The highest BCUT2D eigenvalue weighted by molar-refractivity contribution is 5.74. The van der Waals surface area contributed by atoms with Crippen molar-refractivity contribution in [3.63, 3.8) is 0 Å². The van der Waals surface area contributed by atoms with Crippen LogP contribution in [-0.2, 0) is 26.4 Å². The highest BCUT2D eigenvalue weighted by Crippen LogP contribution is 2.20. The van der Waals surface area contributed by atoms with Gasteiger partial charge in [-0.15, -0.1) is 0 Å². The Balaban J connectivity index is 1.31. The molecule has 2 aliphatic heterocycles. The number of piperidine rings is 1. The van der Waals surface area contributed by atoms with Gasteiger partial charge in [-0.2, -0.15) is 5.10 Å². The standard InChI is InChI=1S/C20H29N7O/c1-3-16-11-19(22-14-21-16)26-9-6-17(7-10-26)24-20(28)27-8-4-5-18-15(13-27)12-23-25(18)2/h11-12,14,17H,3-10,13H2,1-2H3,(H,24,28). The molecular formula is C20H29N7O. The van der Waals surface area contributed by atoms with Crippen LogP contribution in [0.1, 0.15) is 43.1 Å². The van der Waals surface area contributed by atoms with Crippen LogP contribution in [0.2, 0.25) is 0 Å². The van der Waals surface area contributed by atoms with E-state index in [2.05, 4.69) is 38.3 Å². The largest absolute Gasteiger partial charge is 0.356 e. The van der Waals surface area contributed by atoms with Crippen molar-refractivity contribution in [2.45, 2.75) is 51.6 Å². The molecule has 4 rings (SSSR count). The number of nitrogens with one attached hydrogen (secondary N) is 1. The quantitative estimate of drug-likeness (QED) is 0.876. The summed E-state index contributed by atoms with van der Waals surface area (Å²) in [6.07, 6.45) is 8.28. The van der Waals surface area contributed by atoms with E-state index < -0.39 is 0 Å². The molecule has 0 aromatic carbocycles. The van der Waals surface area contributed by atoms with Gasteiger partial charge in [-0.3, -0.25) is 4.68 Å². The van der Waals surface area contributed by atoms with Crippen molar-refractivity contribution >= 4 is 11.8 Å². The highest BCUT2D eigenvalue weighted by atomic mass is 16.2. The predicted octanol–water partition coefficient (Wildman–Crippen LogP) is 1.90. The molecule has 2 aromatic rings. The number of nitrogens with zero attached hydrogens (tertiary/aromatic N) is 6. The van der Waals surface area contributed by atoms with Crippen LogP contribution in [0.25, 0.3) is 0 Å². The van der Waals surface area contributed by atoms with Crippen molar-refractivity contribution in [2.75, 3.05) is 24.5 Å². The molecule has 0 radical (unpaired) electrons. The molecule has 1 saturated heterocycles. The summed E-state index contributed by atoms with van der Waals surface area (Å²) in [6.45, 7) is 5.34. The summed E-state index contributed by atoms with van der Waals surface area (Å²) in [5, 5.41) is 7.59. The SMILES string of the molecule is CCc1cc(N2CCC(NC(=O)N3CCCc4c(cnn4C)C3)CC2)ncn1. The number of carbonyl (C=O) groups excluding carboxylic acids is 1. The number of carbonyl (C=O) groups is 1. The van der Waals surface area contributed by atoms with Gasteiger partial charge in [0, 0.05) is 55.7 Å². The Morgan fingerprint density at radius 2 is 2.07 bits per heavy atom. The lowest BCUT2D eigenvalue weighted by Crippen LogP contribution is -2.49. The third-order valence-corrected chi connectivity index (χ3v) is 5.86. The van der Waals surface area contributed by atoms with Crippen molar-refractivity contribution in [1.82, 2.24) is 30.0 Å². The topological polar surface area (TPSA) is 79.2 Å². The van der Waals surface area contributed by atoms with Gasteiger partial charge in [0.2, 0.25) is 0 Å². The van der Waals surface area contributed by atoms with Gasteiger partial charge in [0.15, 0.2) is 0 Å². The lowest BCUT2D eigenvalue weighted by atomic mass is 10.1.